The maximum Gasteiger partial charge on any atom is 0.225 e. The zero-order chi connectivity index (χ0) is 31.4. The molecule has 1 saturated heterocycles. The van der Waals surface area contributed by atoms with Crippen molar-refractivity contribution in [2.45, 2.75) is 33.1 Å². The number of ketones is 1. The van der Waals surface area contributed by atoms with E-state index in [9.17, 15) is 9.59 Å². The Morgan fingerprint density at radius 1 is 0.867 bits per heavy atom. The zero-order valence-corrected chi connectivity index (χ0v) is 26.1. The molecule has 0 bridgehead atoms. The van der Waals surface area contributed by atoms with Crippen LogP contribution in [0, 0.1) is 0 Å². The summed E-state index contributed by atoms with van der Waals surface area (Å²) < 4.78 is 22.6. The van der Waals surface area contributed by atoms with Gasteiger partial charge in [0.25, 0.3) is 0 Å². The molecular formula is C36H41N3O6. The lowest BCUT2D eigenvalue weighted by Gasteiger charge is -2.26. The smallest absolute Gasteiger partial charge is 0.225 e. The number of aromatic nitrogens is 1. The number of Topliss-reactive ketones (excluding diaryl/α,β-unsaturated/α-hetero) is 1. The molecule has 4 aromatic rings. The highest BCUT2D eigenvalue weighted by Gasteiger charge is 2.15. The van der Waals surface area contributed by atoms with Gasteiger partial charge in [0.05, 0.1) is 38.6 Å². The SMILES string of the molecule is CCOc1ccc(C(=O)CCC(=O)Nc2cc(-c3ccc(OCCCN4CCOCC4)cc3)c3ccccc3n2)cc1OCC. The molecule has 1 aromatic heterocycles. The minimum absolute atomic E-state index is 0.0252. The maximum atomic E-state index is 12.9. The normalized spacial score (nSPS) is 13.4. The summed E-state index contributed by atoms with van der Waals surface area (Å²) in [4.78, 5) is 32.9. The fourth-order valence-electron chi connectivity index (χ4n) is 5.31. The van der Waals surface area contributed by atoms with Crippen molar-refractivity contribution < 1.29 is 28.5 Å². The van der Waals surface area contributed by atoms with Gasteiger partial charge < -0.3 is 24.3 Å². The molecule has 0 atom stereocenters. The number of hydrogen-bond donors (Lipinski definition) is 1. The minimum Gasteiger partial charge on any atom is -0.494 e. The molecule has 0 unspecified atom stereocenters. The molecule has 1 aliphatic heterocycles. The van der Waals surface area contributed by atoms with Crippen LogP contribution in [0.15, 0.2) is 72.8 Å². The maximum absolute atomic E-state index is 12.9. The van der Waals surface area contributed by atoms with Gasteiger partial charge in [0.2, 0.25) is 5.91 Å². The third kappa shape index (κ3) is 8.80. The summed E-state index contributed by atoms with van der Waals surface area (Å²) in [7, 11) is 0. The van der Waals surface area contributed by atoms with Crippen molar-refractivity contribution in [3.05, 3.63) is 78.4 Å². The van der Waals surface area contributed by atoms with Gasteiger partial charge in [0, 0.05) is 43.4 Å². The average molecular weight is 612 g/mol. The molecule has 1 amide bonds. The molecule has 0 aliphatic carbocycles. The first-order valence-corrected chi connectivity index (χ1v) is 15.7. The van der Waals surface area contributed by atoms with Crippen molar-refractivity contribution in [1.82, 2.24) is 9.88 Å². The zero-order valence-electron chi connectivity index (χ0n) is 26.1. The monoisotopic (exact) mass is 611 g/mol. The van der Waals surface area contributed by atoms with E-state index in [0.29, 0.717) is 42.7 Å². The van der Waals surface area contributed by atoms with Crippen molar-refractivity contribution in [3.8, 4) is 28.4 Å². The number of carbonyl (C=O) groups is 2. The van der Waals surface area contributed by atoms with Gasteiger partial charge in [-0.25, -0.2) is 4.98 Å². The molecule has 0 saturated carbocycles. The van der Waals surface area contributed by atoms with Gasteiger partial charge in [-0.15, -0.1) is 0 Å². The number of anilines is 1. The highest BCUT2D eigenvalue weighted by molar-refractivity contribution is 6.02. The number of fused-ring (bicyclic) bond motifs is 1. The lowest BCUT2D eigenvalue weighted by molar-refractivity contribution is -0.116. The van der Waals surface area contributed by atoms with Crippen LogP contribution in [0.4, 0.5) is 5.82 Å². The fourth-order valence-corrected chi connectivity index (χ4v) is 5.31. The second-order valence-corrected chi connectivity index (χ2v) is 10.8. The number of amides is 1. The Kier molecular flexibility index (Phi) is 11.4. The highest BCUT2D eigenvalue weighted by Crippen LogP contribution is 2.32. The summed E-state index contributed by atoms with van der Waals surface area (Å²) in [5.41, 5.74) is 3.18. The van der Waals surface area contributed by atoms with Crippen LogP contribution in [0.25, 0.3) is 22.0 Å². The molecule has 1 fully saturated rings. The highest BCUT2D eigenvalue weighted by atomic mass is 16.5. The number of hydrogen-bond acceptors (Lipinski definition) is 8. The molecule has 3 aromatic carbocycles. The van der Waals surface area contributed by atoms with Crippen LogP contribution < -0.4 is 19.5 Å². The topological polar surface area (TPSA) is 99.2 Å². The third-order valence-corrected chi connectivity index (χ3v) is 7.58. The van der Waals surface area contributed by atoms with E-state index in [-0.39, 0.29) is 24.5 Å². The number of para-hydroxylation sites is 1. The van der Waals surface area contributed by atoms with Gasteiger partial charge >= 0.3 is 0 Å². The first kappa shape index (κ1) is 31.9. The average Bonchev–Trinajstić information content (AvgIpc) is 3.07. The molecule has 9 nitrogen and oxygen atoms in total. The lowest BCUT2D eigenvalue weighted by Crippen LogP contribution is -2.37. The van der Waals surface area contributed by atoms with E-state index in [0.717, 1.165) is 67.0 Å². The quantitative estimate of drug-likeness (QED) is 0.122. The summed E-state index contributed by atoms with van der Waals surface area (Å²) in [6, 6.07) is 22.8. The van der Waals surface area contributed by atoms with E-state index in [1.165, 1.54) is 0 Å². The Balaban J connectivity index is 1.21. The fraction of sp³-hybridized carbons (Fsp3) is 0.361. The summed E-state index contributed by atoms with van der Waals surface area (Å²) >= 11 is 0. The molecule has 2 heterocycles. The van der Waals surface area contributed by atoms with Crippen molar-refractivity contribution in [2.24, 2.45) is 0 Å². The van der Waals surface area contributed by atoms with Gasteiger partial charge in [0.1, 0.15) is 11.6 Å². The molecule has 236 valence electrons. The summed E-state index contributed by atoms with van der Waals surface area (Å²) in [6.07, 6.45) is 1.04. The molecule has 0 radical (unpaired) electrons. The number of benzene rings is 3. The van der Waals surface area contributed by atoms with Gasteiger partial charge in [-0.1, -0.05) is 30.3 Å². The van der Waals surface area contributed by atoms with Gasteiger partial charge in [-0.05, 0) is 73.9 Å². The van der Waals surface area contributed by atoms with Gasteiger partial charge in [0.15, 0.2) is 17.3 Å². The van der Waals surface area contributed by atoms with Crippen molar-refractivity contribution in [2.75, 3.05) is 58.0 Å². The van der Waals surface area contributed by atoms with Gasteiger partial charge in [-0.2, -0.15) is 0 Å². The Morgan fingerprint density at radius 2 is 1.62 bits per heavy atom. The number of morpholine rings is 1. The van der Waals surface area contributed by atoms with Crippen LogP contribution in [-0.4, -0.2) is 74.2 Å². The van der Waals surface area contributed by atoms with E-state index in [2.05, 4.69) is 15.2 Å². The summed E-state index contributed by atoms with van der Waals surface area (Å²) in [5, 5.41) is 3.88. The number of carbonyl (C=O) groups excluding carboxylic acids is 2. The molecule has 1 N–H and O–H groups in total. The lowest BCUT2D eigenvalue weighted by atomic mass is 10.0. The predicted molar refractivity (Wildman–Crippen MR) is 176 cm³/mol. The number of nitrogens with zero attached hydrogens (tertiary/aromatic N) is 2. The van der Waals surface area contributed by atoms with Crippen molar-refractivity contribution >= 4 is 28.4 Å². The number of nitrogens with one attached hydrogen (secondary N) is 1. The van der Waals surface area contributed by atoms with Crippen molar-refractivity contribution in [3.63, 3.8) is 0 Å². The molecule has 0 spiro atoms. The minimum atomic E-state index is -0.283. The van der Waals surface area contributed by atoms with E-state index in [4.69, 9.17) is 18.9 Å². The third-order valence-electron chi connectivity index (χ3n) is 7.58. The van der Waals surface area contributed by atoms with Crippen LogP contribution in [0.1, 0.15) is 43.5 Å². The molecule has 9 heteroatoms. The largest absolute Gasteiger partial charge is 0.494 e. The van der Waals surface area contributed by atoms with E-state index in [1.807, 2.05) is 68.4 Å². The molecular weight excluding hydrogens is 570 g/mol. The van der Waals surface area contributed by atoms with Crippen LogP contribution in [0.2, 0.25) is 0 Å². The Hall–Kier alpha value is -4.47. The number of ether oxygens (including phenoxy) is 4. The Morgan fingerprint density at radius 3 is 2.40 bits per heavy atom. The van der Waals surface area contributed by atoms with Crippen LogP contribution >= 0.6 is 0 Å². The predicted octanol–water partition coefficient (Wildman–Crippen LogP) is 6.40. The van der Waals surface area contributed by atoms with Gasteiger partial charge in [-0.3, -0.25) is 14.5 Å². The summed E-state index contributed by atoms with van der Waals surface area (Å²) in [5.74, 6) is 1.93. The first-order chi connectivity index (χ1) is 22.0. The molecule has 5 rings (SSSR count). The van der Waals surface area contributed by atoms with E-state index < -0.39 is 0 Å². The Bertz CT molecular complexity index is 1580. The second-order valence-electron chi connectivity index (χ2n) is 10.8. The standard InChI is InChI=1S/C36H41N3O6/c1-3-43-33-16-12-27(24-34(33)44-4-2)32(40)15-17-36(41)38-35-25-30(29-8-5-6-9-31(29)37-35)26-10-13-28(14-11-26)45-21-7-18-39-19-22-42-23-20-39/h5-6,8-14,16,24-25H,3-4,7,15,17-23H2,1-2H3,(H,37,38,41). The van der Waals surface area contributed by atoms with Crippen LogP contribution in [0.5, 0.6) is 17.2 Å². The molecule has 45 heavy (non-hydrogen) atoms. The Labute approximate surface area is 264 Å². The first-order valence-electron chi connectivity index (χ1n) is 15.7. The number of pyridine rings is 1. The van der Waals surface area contributed by atoms with E-state index >= 15 is 0 Å². The van der Waals surface area contributed by atoms with Crippen molar-refractivity contribution in [1.29, 1.82) is 0 Å². The second kappa shape index (κ2) is 16.0. The molecule has 1 aliphatic rings. The van der Waals surface area contributed by atoms with Crippen LogP contribution in [-0.2, 0) is 9.53 Å². The summed E-state index contributed by atoms with van der Waals surface area (Å²) in [6.45, 7) is 9.94. The van der Waals surface area contributed by atoms with E-state index in [1.54, 1.807) is 18.2 Å². The van der Waals surface area contributed by atoms with Crippen LogP contribution in [0.3, 0.4) is 0 Å². The number of rotatable bonds is 15.